The van der Waals surface area contributed by atoms with Crippen LogP contribution in [0.4, 0.5) is 16.2 Å². The molecule has 0 aromatic heterocycles. The number of nitrogens with zero attached hydrogens (tertiary/aromatic N) is 2. The highest BCUT2D eigenvalue weighted by Gasteiger charge is 2.05. The number of amides is 3. The van der Waals surface area contributed by atoms with Gasteiger partial charge >= 0.3 is 6.03 Å². The minimum atomic E-state index is -0.321. The van der Waals surface area contributed by atoms with Crippen LogP contribution in [-0.4, -0.2) is 38.8 Å². The third-order valence-electron chi connectivity index (χ3n) is 3.73. The van der Waals surface area contributed by atoms with Crippen LogP contribution in [-0.2, 0) is 0 Å². The molecule has 0 saturated carbocycles. The predicted octanol–water partition coefficient (Wildman–Crippen LogP) is 3.05. The lowest BCUT2D eigenvalue weighted by molar-refractivity contribution is 0.0955. The van der Waals surface area contributed by atoms with Crippen LogP contribution in [0.5, 0.6) is 0 Å². The first kappa shape index (κ1) is 20.0. The monoisotopic (exact) mass is 367 g/mol. The molecule has 3 N–H and O–H groups in total. The van der Waals surface area contributed by atoms with E-state index in [1.54, 1.807) is 30.5 Å². The number of carbonyl (C=O) groups is 2. The summed E-state index contributed by atoms with van der Waals surface area (Å²) in [5.41, 5.74) is 5.54. The van der Waals surface area contributed by atoms with Crippen molar-refractivity contribution in [1.29, 1.82) is 0 Å². The maximum absolute atomic E-state index is 12.1. The molecule has 0 heterocycles. The number of carbonyl (C=O) groups excluding carboxylic acids is 2. The topological polar surface area (TPSA) is 85.8 Å². The lowest BCUT2D eigenvalue weighted by Crippen LogP contribution is -2.29. The molecule has 0 atom stereocenters. The highest BCUT2D eigenvalue weighted by molar-refractivity contribution is 5.96. The van der Waals surface area contributed by atoms with E-state index in [1.165, 1.54) is 0 Å². The summed E-state index contributed by atoms with van der Waals surface area (Å²) in [5.74, 6) is -0.321. The van der Waals surface area contributed by atoms with Crippen LogP contribution < -0.4 is 21.0 Å². The van der Waals surface area contributed by atoms with Crippen LogP contribution in [0.15, 0.2) is 53.6 Å². The minimum absolute atomic E-state index is 0.265. The molecule has 7 heteroatoms. The van der Waals surface area contributed by atoms with E-state index in [1.807, 2.05) is 50.2 Å². The summed E-state index contributed by atoms with van der Waals surface area (Å²) in [6.07, 6.45) is 2.46. The van der Waals surface area contributed by atoms with Gasteiger partial charge in [0, 0.05) is 37.6 Å². The van der Waals surface area contributed by atoms with Gasteiger partial charge in [0.05, 0.1) is 6.21 Å². The smallest absolute Gasteiger partial charge is 0.319 e. The molecule has 0 fully saturated rings. The van der Waals surface area contributed by atoms with E-state index >= 15 is 0 Å². The van der Waals surface area contributed by atoms with Crippen LogP contribution in [0.25, 0.3) is 0 Å². The maximum Gasteiger partial charge on any atom is 0.319 e. The van der Waals surface area contributed by atoms with Gasteiger partial charge in [-0.2, -0.15) is 5.10 Å². The number of hydrogen-bond donors (Lipinski definition) is 3. The average Bonchev–Trinajstić information content (AvgIpc) is 2.67. The Hall–Kier alpha value is -3.35. The molecule has 0 radical (unpaired) electrons. The quantitative estimate of drug-likeness (QED) is 0.519. The van der Waals surface area contributed by atoms with E-state index in [4.69, 9.17) is 0 Å². The normalized spacial score (nSPS) is 10.5. The Morgan fingerprint density at radius 1 is 1.04 bits per heavy atom. The van der Waals surface area contributed by atoms with Crippen molar-refractivity contribution >= 4 is 29.5 Å². The molecule has 0 aliphatic carbocycles. The molecule has 0 bridgehead atoms. The summed E-state index contributed by atoms with van der Waals surface area (Å²) in [6, 6.07) is 14.1. The number of hydrogen-bond acceptors (Lipinski definition) is 4. The van der Waals surface area contributed by atoms with Crippen molar-refractivity contribution < 1.29 is 9.59 Å². The Balaban J connectivity index is 1.87. The van der Waals surface area contributed by atoms with Crippen LogP contribution in [0.1, 0.15) is 29.3 Å². The highest BCUT2D eigenvalue weighted by Crippen LogP contribution is 2.11. The zero-order valence-corrected chi connectivity index (χ0v) is 15.8. The number of urea groups is 1. The largest absolute Gasteiger partial charge is 0.378 e. The van der Waals surface area contributed by atoms with E-state index < -0.39 is 0 Å². The summed E-state index contributed by atoms with van der Waals surface area (Å²) in [7, 11) is 3.95. The van der Waals surface area contributed by atoms with E-state index in [2.05, 4.69) is 21.2 Å². The van der Waals surface area contributed by atoms with Crippen LogP contribution in [0.2, 0.25) is 0 Å². The Morgan fingerprint density at radius 2 is 1.70 bits per heavy atom. The molecule has 3 amide bonds. The standard InChI is InChI=1S/C20H25N5O2/c1-4-13-21-20(27)23-17-9-7-16(8-10-17)19(26)24-22-14-15-5-11-18(12-6-15)25(2)3/h5-12,14H,4,13H2,1-3H3,(H,24,26)(H2,21,23,27)/b22-14+. The van der Waals surface area contributed by atoms with Gasteiger partial charge in [0.1, 0.15) is 0 Å². The molecule has 2 rings (SSSR count). The predicted molar refractivity (Wildman–Crippen MR) is 110 cm³/mol. The average molecular weight is 367 g/mol. The molecule has 7 nitrogen and oxygen atoms in total. The number of benzene rings is 2. The zero-order valence-electron chi connectivity index (χ0n) is 15.8. The van der Waals surface area contributed by atoms with E-state index in [-0.39, 0.29) is 11.9 Å². The lowest BCUT2D eigenvalue weighted by Gasteiger charge is -2.11. The Morgan fingerprint density at radius 3 is 2.30 bits per heavy atom. The first-order chi connectivity index (χ1) is 13.0. The Labute approximate surface area is 159 Å². The summed E-state index contributed by atoms with van der Waals surface area (Å²) in [6.45, 7) is 2.59. The van der Waals surface area contributed by atoms with Gasteiger partial charge in [-0.1, -0.05) is 19.1 Å². The highest BCUT2D eigenvalue weighted by atomic mass is 16.2. The first-order valence-electron chi connectivity index (χ1n) is 8.75. The van der Waals surface area contributed by atoms with Crippen LogP contribution >= 0.6 is 0 Å². The van der Waals surface area contributed by atoms with Crippen molar-refractivity contribution in [2.75, 3.05) is 30.9 Å². The van der Waals surface area contributed by atoms with Crippen molar-refractivity contribution in [1.82, 2.24) is 10.7 Å². The third kappa shape index (κ3) is 6.47. The summed E-state index contributed by atoms with van der Waals surface area (Å²) >= 11 is 0. The molecule has 0 aliphatic heterocycles. The molecule has 0 spiro atoms. The van der Waals surface area contributed by atoms with E-state index in [9.17, 15) is 9.59 Å². The Bertz CT molecular complexity index is 783. The molecule has 27 heavy (non-hydrogen) atoms. The fraction of sp³-hybridized carbons (Fsp3) is 0.250. The van der Waals surface area contributed by atoms with Crippen molar-refractivity contribution in [2.45, 2.75) is 13.3 Å². The summed E-state index contributed by atoms with van der Waals surface area (Å²) in [5, 5.41) is 9.40. The van der Waals surface area contributed by atoms with E-state index in [0.29, 0.717) is 17.8 Å². The van der Waals surface area contributed by atoms with Gasteiger partial charge in [0.15, 0.2) is 0 Å². The molecule has 2 aromatic carbocycles. The lowest BCUT2D eigenvalue weighted by atomic mass is 10.2. The second kappa shape index (κ2) is 9.96. The maximum atomic E-state index is 12.1. The van der Waals surface area contributed by atoms with Gasteiger partial charge in [-0.05, 0) is 48.4 Å². The number of hydrazone groups is 1. The molecule has 0 aliphatic rings. The molecule has 0 unspecified atom stereocenters. The molecule has 2 aromatic rings. The second-order valence-corrected chi connectivity index (χ2v) is 6.14. The van der Waals surface area contributed by atoms with Crippen molar-refractivity contribution in [3.63, 3.8) is 0 Å². The molecule has 142 valence electrons. The fourth-order valence-corrected chi connectivity index (χ4v) is 2.21. The summed E-state index contributed by atoms with van der Waals surface area (Å²) in [4.78, 5) is 25.7. The minimum Gasteiger partial charge on any atom is -0.378 e. The van der Waals surface area contributed by atoms with Crippen molar-refractivity contribution in [3.8, 4) is 0 Å². The summed E-state index contributed by atoms with van der Waals surface area (Å²) < 4.78 is 0. The third-order valence-corrected chi connectivity index (χ3v) is 3.73. The first-order valence-corrected chi connectivity index (χ1v) is 8.75. The van der Waals surface area contributed by atoms with Gasteiger partial charge < -0.3 is 15.5 Å². The van der Waals surface area contributed by atoms with Gasteiger partial charge in [-0.3, -0.25) is 4.79 Å². The van der Waals surface area contributed by atoms with Gasteiger partial charge in [-0.25, -0.2) is 10.2 Å². The molecule has 0 saturated heterocycles. The fourth-order valence-electron chi connectivity index (χ4n) is 2.21. The van der Waals surface area contributed by atoms with Gasteiger partial charge in [0.25, 0.3) is 5.91 Å². The van der Waals surface area contributed by atoms with Crippen LogP contribution in [0, 0.1) is 0 Å². The van der Waals surface area contributed by atoms with Crippen molar-refractivity contribution in [2.24, 2.45) is 5.10 Å². The Kier molecular flexibility index (Phi) is 7.37. The SMILES string of the molecule is CCCNC(=O)Nc1ccc(C(=O)N/N=C/c2ccc(N(C)C)cc2)cc1. The molecular weight excluding hydrogens is 342 g/mol. The van der Waals surface area contributed by atoms with Crippen molar-refractivity contribution in [3.05, 3.63) is 59.7 Å². The van der Waals surface area contributed by atoms with Gasteiger partial charge in [0.2, 0.25) is 0 Å². The van der Waals surface area contributed by atoms with Crippen LogP contribution in [0.3, 0.4) is 0 Å². The van der Waals surface area contributed by atoms with Gasteiger partial charge in [-0.15, -0.1) is 0 Å². The van der Waals surface area contributed by atoms with E-state index in [0.717, 1.165) is 17.7 Å². The number of rotatable bonds is 7. The second-order valence-electron chi connectivity index (χ2n) is 6.14. The zero-order chi connectivity index (χ0) is 19.6. The number of nitrogens with one attached hydrogen (secondary N) is 3. The molecular formula is C20H25N5O2. The number of anilines is 2.